The molecule has 1 aromatic carbocycles. The molecule has 1 aliphatic heterocycles. The minimum atomic E-state index is -2.82. The van der Waals surface area contributed by atoms with Crippen molar-refractivity contribution in [2.24, 2.45) is 4.99 Å². The molecule has 31 heavy (non-hydrogen) atoms. The maximum absolute atomic E-state index is 12.3. The van der Waals surface area contributed by atoms with Crippen molar-refractivity contribution in [2.45, 2.75) is 38.5 Å². The second-order valence-corrected chi connectivity index (χ2v) is 7.63. The van der Waals surface area contributed by atoms with Crippen LogP contribution < -0.4 is 10.1 Å². The van der Waals surface area contributed by atoms with E-state index in [1.54, 1.807) is 38.2 Å². The van der Waals surface area contributed by atoms with Crippen LogP contribution in [-0.4, -0.2) is 87.0 Å². The molecule has 1 fully saturated rings. The van der Waals surface area contributed by atoms with E-state index in [1.165, 1.54) is 12.1 Å². The van der Waals surface area contributed by atoms with Crippen LogP contribution >= 0.6 is 24.0 Å². The molecular weight excluding hydrogens is 519 g/mol. The SMILES string of the molecule is CN=C(NCCCN1CCCC1C(=O)N(C)C)N(C)Cc1ccc(OC(F)F)cc1.I. The van der Waals surface area contributed by atoms with Crippen LogP contribution in [0.25, 0.3) is 0 Å². The van der Waals surface area contributed by atoms with Gasteiger partial charge in [-0.05, 0) is 43.5 Å². The average Bonchev–Trinajstić information content (AvgIpc) is 3.16. The van der Waals surface area contributed by atoms with Gasteiger partial charge in [-0.3, -0.25) is 14.7 Å². The first-order chi connectivity index (χ1) is 14.3. The second-order valence-electron chi connectivity index (χ2n) is 7.63. The van der Waals surface area contributed by atoms with Crippen LogP contribution in [0.3, 0.4) is 0 Å². The van der Waals surface area contributed by atoms with E-state index >= 15 is 0 Å². The number of likely N-dealkylation sites (tertiary alicyclic amines) is 1. The Morgan fingerprint density at radius 1 is 1.29 bits per heavy atom. The number of carbonyl (C=O) groups excluding carboxylic acids is 1. The standard InChI is InChI=1S/C21H33F2N5O2.HI/c1-24-21(27(4)15-16-8-10-17(11-9-16)30-20(22)23)25-12-6-14-28-13-5-7-18(28)19(29)26(2)3;/h8-11,18,20H,5-7,12-15H2,1-4H3,(H,24,25);1H. The molecule has 1 aliphatic rings. The summed E-state index contributed by atoms with van der Waals surface area (Å²) in [5, 5.41) is 3.35. The van der Waals surface area contributed by atoms with E-state index in [9.17, 15) is 13.6 Å². The first-order valence-electron chi connectivity index (χ1n) is 10.2. The van der Waals surface area contributed by atoms with Crippen LogP contribution in [0.4, 0.5) is 8.78 Å². The first kappa shape index (κ1) is 27.3. The Hall–Kier alpha value is -1.69. The third-order valence-electron chi connectivity index (χ3n) is 5.14. The van der Waals surface area contributed by atoms with E-state index in [4.69, 9.17) is 0 Å². The molecule has 0 spiro atoms. The number of aliphatic imine (C=N–C) groups is 1. The number of nitrogens with zero attached hydrogens (tertiary/aromatic N) is 4. The van der Waals surface area contributed by atoms with E-state index < -0.39 is 6.61 Å². The summed E-state index contributed by atoms with van der Waals surface area (Å²) in [4.78, 5) is 22.5. The predicted molar refractivity (Wildman–Crippen MR) is 129 cm³/mol. The van der Waals surface area contributed by atoms with Gasteiger partial charge in [-0.2, -0.15) is 8.78 Å². The first-order valence-corrected chi connectivity index (χ1v) is 10.2. The molecular formula is C21H34F2IN5O2. The van der Waals surface area contributed by atoms with Crippen LogP contribution in [0.5, 0.6) is 5.75 Å². The van der Waals surface area contributed by atoms with Gasteiger partial charge in [0, 0.05) is 47.8 Å². The van der Waals surface area contributed by atoms with Gasteiger partial charge in [-0.1, -0.05) is 12.1 Å². The third kappa shape index (κ3) is 8.76. The van der Waals surface area contributed by atoms with Gasteiger partial charge in [0.1, 0.15) is 5.75 Å². The Labute approximate surface area is 200 Å². The fourth-order valence-corrected chi connectivity index (χ4v) is 3.66. The number of benzene rings is 1. The fourth-order valence-electron chi connectivity index (χ4n) is 3.66. The summed E-state index contributed by atoms with van der Waals surface area (Å²) in [6.07, 6.45) is 2.89. The number of hydrogen-bond acceptors (Lipinski definition) is 4. The number of halogens is 3. The highest BCUT2D eigenvalue weighted by atomic mass is 127. The minimum absolute atomic E-state index is 0. The number of ether oxygens (including phenoxy) is 1. The Morgan fingerprint density at radius 3 is 2.55 bits per heavy atom. The molecule has 1 aromatic rings. The molecule has 0 aromatic heterocycles. The molecule has 1 amide bonds. The van der Waals surface area contributed by atoms with E-state index in [0.29, 0.717) is 6.54 Å². The number of amides is 1. The fraction of sp³-hybridized carbons (Fsp3) is 0.619. The van der Waals surface area contributed by atoms with Crippen LogP contribution in [0, 0.1) is 0 Å². The largest absolute Gasteiger partial charge is 0.435 e. The maximum Gasteiger partial charge on any atom is 0.387 e. The second kappa shape index (κ2) is 13.7. The zero-order chi connectivity index (χ0) is 22.1. The predicted octanol–water partition coefficient (Wildman–Crippen LogP) is 2.86. The van der Waals surface area contributed by atoms with E-state index in [2.05, 4.69) is 19.9 Å². The summed E-state index contributed by atoms with van der Waals surface area (Å²) in [5.74, 6) is 1.08. The molecule has 10 heteroatoms. The third-order valence-corrected chi connectivity index (χ3v) is 5.14. The quantitative estimate of drug-likeness (QED) is 0.221. The molecule has 176 valence electrons. The zero-order valence-corrected chi connectivity index (χ0v) is 21.0. The minimum Gasteiger partial charge on any atom is -0.435 e. The highest BCUT2D eigenvalue weighted by Crippen LogP contribution is 2.19. The van der Waals surface area contributed by atoms with Gasteiger partial charge in [0.2, 0.25) is 5.91 Å². The summed E-state index contributed by atoms with van der Waals surface area (Å²) in [6, 6.07) is 6.59. The smallest absolute Gasteiger partial charge is 0.387 e. The Bertz CT molecular complexity index is 704. The number of carbonyl (C=O) groups is 1. The van der Waals surface area contributed by atoms with Gasteiger partial charge < -0.3 is 19.9 Å². The number of nitrogens with one attached hydrogen (secondary N) is 1. The van der Waals surface area contributed by atoms with Gasteiger partial charge in [0.25, 0.3) is 0 Å². The Kier molecular flexibility index (Phi) is 12.1. The van der Waals surface area contributed by atoms with Gasteiger partial charge in [0.15, 0.2) is 5.96 Å². The molecule has 0 saturated carbocycles. The lowest BCUT2D eigenvalue weighted by Crippen LogP contribution is -2.44. The van der Waals surface area contributed by atoms with Crippen molar-refractivity contribution in [3.05, 3.63) is 29.8 Å². The van der Waals surface area contributed by atoms with Crippen molar-refractivity contribution in [1.82, 2.24) is 20.0 Å². The normalized spacial score (nSPS) is 16.7. The van der Waals surface area contributed by atoms with E-state index in [0.717, 1.165) is 50.4 Å². The molecule has 1 unspecified atom stereocenters. The number of guanidine groups is 1. The van der Waals surface area contributed by atoms with Crippen LogP contribution in [0.2, 0.25) is 0 Å². The number of alkyl halides is 2. The van der Waals surface area contributed by atoms with Crippen molar-refractivity contribution in [3.63, 3.8) is 0 Å². The summed E-state index contributed by atoms with van der Waals surface area (Å²) in [7, 11) is 7.26. The van der Waals surface area contributed by atoms with Crippen LogP contribution in [-0.2, 0) is 11.3 Å². The van der Waals surface area contributed by atoms with Gasteiger partial charge in [-0.15, -0.1) is 24.0 Å². The molecule has 2 rings (SSSR count). The lowest BCUT2D eigenvalue weighted by Gasteiger charge is -2.26. The number of hydrogen-bond donors (Lipinski definition) is 1. The van der Waals surface area contributed by atoms with Gasteiger partial charge >= 0.3 is 6.61 Å². The van der Waals surface area contributed by atoms with Gasteiger partial charge in [-0.25, -0.2) is 0 Å². The van der Waals surface area contributed by atoms with Crippen molar-refractivity contribution >= 4 is 35.8 Å². The Morgan fingerprint density at radius 2 is 1.97 bits per heavy atom. The van der Waals surface area contributed by atoms with Crippen LogP contribution in [0.1, 0.15) is 24.8 Å². The monoisotopic (exact) mass is 553 g/mol. The highest BCUT2D eigenvalue weighted by Gasteiger charge is 2.30. The van der Waals surface area contributed by atoms with Crippen molar-refractivity contribution in [3.8, 4) is 5.75 Å². The zero-order valence-electron chi connectivity index (χ0n) is 18.7. The number of likely N-dealkylation sites (N-methyl/N-ethyl adjacent to an activating group) is 1. The van der Waals surface area contributed by atoms with Crippen LogP contribution in [0.15, 0.2) is 29.3 Å². The Balaban J connectivity index is 0.00000480. The van der Waals surface area contributed by atoms with E-state index in [1.807, 2.05) is 11.9 Å². The maximum atomic E-state index is 12.3. The molecule has 1 atom stereocenters. The summed E-state index contributed by atoms with van der Waals surface area (Å²) in [6.45, 7) is 0.337. The van der Waals surface area contributed by atoms with Gasteiger partial charge in [0.05, 0.1) is 6.04 Å². The van der Waals surface area contributed by atoms with E-state index in [-0.39, 0.29) is 41.7 Å². The molecule has 7 nitrogen and oxygen atoms in total. The summed E-state index contributed by atoms with van der Waals surface area (Å²) >= 11 is 0. The molecule has 0 radical (unpaired) electrons. The summed E-state index contributed by atoms with van der Waals surface area (Å²) in [5.41, 5.74) is 0.962. The van der Waals surface area contributed by atoms with Crippen molar-refractivity contribution in [2.75, 3.05) is 47.8 Å². The molecule has 0 bridgehead atoms. The average molecular weight is 553 g/mol. The highest BCUT2D eigenvalue weighted by molar-refractivity contribution is 14.0. The lowest BCUT2D eigenvalue weighted by atomic mass is 10.2. The molecule has 1 N–H and O–H groups in total. The summed E-state index contributed by atoms with van der Waals surface area (Å²) < 4.78 is 28.9. The number of rotatable bonds is 9. The lowest BCUT2D eigenvalue weighted by molar-refractivity contribution is -0.133. The molecule has 1 saturated heterocycles. The molecule has 0 aliphatic carbocycles. The topological polar surface area (TPSA) is 60.4 Å². The van der Waals surface area contributed by atoms with Crippen molar-refractivity contribution in [1.29, 1.82) is 0 Å². The van der Waals surface area contributed by atoms with Crippen molar-refractivity contribution < 1.29 is 18.3 Å². The molecule has 1 heterocycles.